The average molecular weight is 575 g/mol. The summed E-state index contributed by atoms with van der Waals surface area (Å²) in [5, 5.41) is 0. The Kier molecular flexibility index (Phi) is 9.49. The maximum absolute atomic E-state index is 12.8. The van der Waals surface area contributed by atoms with Gasteiger partial charge < -0.3 is 19.1 Å². The van der Waals surface area contributed by atoms with E-state index < -0.39 is 22.1 Å². The summed E-state index contributed by atoms with van der Waals surface area (Å²) in [4.78, 5) is 14.4. The number of ether oxygens (including phenoxy) is 3. The molecule has 1 unspecified atom stereocenters. The summed E-state index contributed by atoms with van der Waals surface area (Å²) in [6, 6.07) is 13.8. The molecule has 1 aliphatic heterocycles. The highest BCUT2D eigenvalue weighted by molar-refractivity contribution is 9.10. The van der Waals surface area contributed by atoms with Crippen LogP contribution in [0.2, 0.25) is 0 Å². The Morgan fingerprint density at radius 1 is 1.11 bits per heavy atom. The van der Waals surface area contributed by atoms with E-state index in [0.29, 0.717) is 22.6 Å². The SMILES string of the molecule is C=C1/C=C\C=C/CS(=O)(=O)/N=C\1N(C)CC(COc1ccc(OC)cc1)OC(=O)c1ccc(Br)cc1. The van der Waals surface area contributed by atoms with Crippen LogP contribution in [0.25, 0.3) is 0 Å². The number of sulfonamides is 1. The molecule has 8 nitrogen and oxygen atoms in total. The first-order valence-electron chi connectivity index (χ1n) is 11.0. The van der Waals surface area contributed by atoms with Crippen molar-refractivity contribution in [2.24, 2.45) is 4.40 Å². The molecule has 0 fully saturated rings. The molecule has 2 aromatic carbocycles. The van der Waals surface area contributed by atoms with Gasteiger partial charge in [-0.1, -0.05) is 46.8 Å². The van der Waals surface area contributed by atoms with Gasteiger partial charge in [0.25, 0.3) is 10.0 Å². The molecule has 0 radical (unpaired) electrons. The van der Waals surface area contributed by atoms with Gasteiger partial charge in [-0.3, -0.25) is 0 Å². The first-order valence-corrected chi connectivity index (χ1v) is 13.4. The molecule has 36 heavy (non-hydrogen) atoms. The van der Waals surface area contributed by atoms with Crippen LogP contribution in [0.5, 0.6) is 11.5 Å². The number of carbonyl (C=O) groups is 1. The van der Waals surface area contributed by atoms with Crippen LogP contribution >= 0.6 is 15.9 Å². The minimum absolute atomic E-state index is 0.0167. The Bertz CT molecular complexity index is 1270. The summed E-state index contributed by atoms with van der Waals surface area (Å²) in [6.07, 6.45) is 5.75. The largest absolute Gasteiger partial charge is 0.497 e. The first kappa shape index (κ1) is 27.2. The Balaban J connectivity index is 1.81. The van der Waals surface area contributed by atoms with Crippen molar-refractivity contribution >= 4 is 37.8 Å². The molecule has 0 spiro atoms. The number of allylic oxidation sites excluding steroid dienone is 2. The Hall–Kier alpha value is -3.37. The summed E-state index contributed by atoms with van der Waals surface area (Å²) in [5.41, 5.74) is 0.776. The molecule has 2 aromatic rings. The second-order valence-corrected chi connectivity index (χ2v) is 10.5. The number of rotatable bonds is 8. The number of nitrogens with zero attached hydrogens (tertiary/aromatic N) is 2. The van der Waals surface area contributed by atoms with Gasteiger partial charge in [0.1, 0.15) is 23.9 Å². The standard InChI is InChI=1S/C26H27BrN2O6S/c1-19-7-5-4-6-16-36(31,32)28-25(19)29(2)17-24(18-34-23-14-12-22(33-3)13-15-23)35-26(30)20-8-10-21(27)11-9-20/h4-15,24H,1,16-18H2,2-3H3/b6-4-,7-5-,28-25+. The number of hydrogen-bond acceptors (Lipinski definition) is 7. The highest BCUT2D eigenvalue weighted by atomic mass is 79.9. The van der Waals surface area contributed by atoms with E-state index in [1.807, 2.05) is 0 Å². The summed E-state index contributed by atoms with van der Waals surface area (Å²) in [5.74, 6) is 0.629. The average Bonchev–Trinajstić information content (AvgIpc) is 2.92. The number of benzene rings is 2. The number of carbonyl (C=O) groups excluding carboxylic acids is 1. The quantitative estimate of drug-likeness (QED) is 0.431. The van der Waals surface area contributed by atoms with Crippen molar-refractivity contribution in [3.63, 3.8) is 0 Å². The van der Waals surface area contributed by atoms with Crippen LogP contribution in [-0.2, 0) is 14.8 Å². The summed E-state index contributed by atoms with van der Waals surface area (Å²) < 4.78 is 46.4. The Labute approximate surface area is 219 Å². The molecule has 3 rings (SSSR count). The molecule has 0 saturated carbocycles. The third-order valence-corrected chi connectivity index (χ3v) is 6.65. The molecule has 1 atom stereocenters. The minimum Gasteiger partial charge on any atom is -0.497 e. The van der Waals surface area contributed by atoms with Gasteiger partial charge in [0.2, 0.25) is 0 Å². The van der Waals surface area contributed by atoms with Crippen molar-refractivity contribution in [3.8, 4) is 11.5 Å². The Morgan fingerprint density at radius 3 is 2.44 bits per heavy atom. The molecule has 190 valence electrons. The molecular weight excluding hydrogens is 548 g/mol. The van der Waals surface area contributed by atoms with Crippen LogP contribution < -0.4 is 9.47 Å². The topological polar surface area (TPSA) is 94.5 Å². The number of methoxy groups -OCH3 is 1. The highest BCUT2D eigenvalue weighted by Crippen LogP contribution is 2.19. The van der Waals surface area contributed by atoms with Gasteiger partial charge in [0, 0.05) is 17.1 Å². The van der Waals surface area contributed by atoms with E-state index in [0.717, 1.165) is 4.47 Å². The van der Waals surface area contributed by atoms with Gasteiger partial charge >= 0.3 is 5.97 Å². The zero-order valence-electron chi connectivity index (χ0n) is 20.0. The first-order chi connectivity index (χ1) is 17.2. The fourth-order valence-electron chi connectivity index (χ4n) is 3.23. The van der Waals surface area contributed by atoms with E-state index in [2.05, 4.69) is 26.9 Å². The van der Waals surface area contributed by atoms with Gasteiger partial charge in [-0.15, -0.1) is 4.40 Å². The lowest BCUT2D eigenvalue weighted by atomic mass is 10.2. The number of halogens is 1. The van der Waals surface area contributed by atoms with Crippen LogP contribution in [0.3, 0.4) is 0 Å². The molecule has 0 aromatic heterocycles. The molecule has 0 N–H and O–H groups in total. The molecule has 0 saturated heterocycles. The summed E-state index contributed by atoms with van der Waals surface area (Å²) in [6.45, 7) is 4.07. The van der Waals surface area contributed by atoms with Gasteiger partial charge in [-0.25, -0.2) is 13.2 Å². The number of esters is 1. The van der Waals surface area contributed by atoms with Crippen molar-refractivity contribution in [1.82, 2.24) is 4.90 Å². The number of hydrogen-bond donors (Lipinski definition) is 0. The monoisotopic (exact) mass is 574 g/mol. The second-order valence-electron chi connectivity index (χ2n) is 7.88. The van der Waals surface area contributed by atoms with Crippen LogP contribution in [-0.4, -0.2) is 64.3 Å². The van der Waals surface area contributed by atoms with Crippen molar-refractivity contribution in [3.05, 3.63) is 95.0 Å². The normalized spacial score (nSPS) is 18.9. The zero-order valence-corrected chi connectivity index (χ0v) is 22.4. The van der Waals surface area contributed by atoms with Crippen LogP contribution in [0.4, 0.5) is 0 Å². The molecular formula is C26H27BrN2O6S. The number of likely N-dealkylation sites (N-methyl/N-ethyl adjacent to an activating group) is 1. The van der Waals surface area contributed by atoms with Crippen molar-refractivity contribution in [2.75, 3.05) is 33.1 Å². The Morgan fingerprint density at radius 2 is 1.78 bits per heavy atom. The lowest BCUT2D eigenvalue weighted by Gasteiger charge is -2.27. The van der Waals surface area contributed by atoms with Crippen molar-refractivity contribution < 1.29 is 27.4 Å². The zero-order chi connectivity index (χ0) is 26.1. The van der Waals surface area contributed by atoms with E-state index >= 15 is 0 Å². The van der Waals surface area contributed by atoms with E-state index in [1.165, 1.54) is 6.08 Å². The predicted octanol–water partition coefficient (Wildman–Crippen LogP) is 4.40. The van der Waals surface area contributed by atoms with Crippen molar-refractivity contribution in [2.45, 2.75) is 6.10 Å². The van der Waals surface area contributed by atoms with E-state index in [1.54, 1.807) is 85.8 Å². The molecule has 10 heteroatoms. The van der Waals surface area contributed by atoms with Gasteiger partial charge in [0.15, 0.2) is 6.10 Å². The smallest absolute Gasteiger partial charge is 0.338 e. The lowest BCUT2D eigenvalue weighted by molar-refractivity contribution is 0.0130. The third-order valence-electron chi connectivity index (χ3n) is 5.05. The summed E-state index contributed by atoms with van der Waals surface area (Å²) >= 11 is 3.35. The van der Waals surface area contributed by atoms with Crippen LogP contribution in [0, 0.1) is 0 Å². The van der Waals surface area contributed by atoms with Crippen LogP contribution in [0.1, 0.15) is 10.4 Å². The minimum atomic E-state index is -3.76. The van der Waals surface area contributed by atoms with E-state index in [-0.39, 0.29) is 24.7 Å². The maximum atomic E-state index is 12.8. The second kappa shape index (κ2) is 12.5. The predicted molar refractivity (Wildman–Crippen MR) is 143 cm³/mol. The molecule has 0 bridgehead atoms. The molecule has 1 aliphatic rings. The fourth-order valence-corrected chi connectivity index (χ4v) is 4.44. The van der Waals surface area contributed by atoms with Gasteiger partial charge in [0.05, 0.1) is 25.0 Å². The van der Waals surface area contributed by atoms with Gasteiger partial charge in [-0.05, 0) is 48.5 Å². The van der Waals surface area contributed by atoms with Crippen molar-refractivity contribution in [1.29, 1.82) is 0 Å². The fraction of sp³-hybridized carbons (Fsp3) is 0.231. The molecule has 0 amide bonds. The van der Waals surface area contributed by atoms with Crippen LogP contribution in [0.15, 0.2) is 93.9 Å². The van der Waals surface area contributed by atoms with E-state index in [9.17, 15) is 13.2 Å². The summed E-state index contributed by atoms with van der Waals surface area (Å²) in [7, 11) is -0.526. The highest BCUT2D eigenvalue weighted by Gasteiger charge is 2.23. The lowest BCUT2D eigenvalue weighted by Crippen LogP contribution is -2.40. The van der Waals surface area contributed by atoms with Gasteiger partial charge in [-0.2, -0.15) is 0 Å². The third kappa shape index (κ3) is 8.10. The maximum Gasteiger partial charge on any atom is 0.338 e. The molecule has 1 heterocycles. The van der Waals surface area contributed by atoms with E-state index in [4.69, 9.17) is 14.2 Å². The number of amidine groups is 1. The molecule has 0 aliphatic carbocycles.